The molecule has 1 atom stereocenters. The van der Waals surface area contributed by atoms with Gasteiger partial charge in [0.1, 0.15) is 11.9 Å². The van der Waals surface area contributed by atoms with Crippen LogP contribution in [0.4, 0.5) is 0 Å². The van der Waals surface area contributed by atoms with Gasteiger partial charge in [-0.15, -0.1) is 5.10 Å². The molecular formula is C20H19ClN4O2. The fraction of sp³-hybridized carbons (Fsp3) is 0.250. The van der Waals surface area contributed by atoms with Crippen LogP contribution in [0, 0.1) is 0 Å². The van der Waals surface area contributed by atoms with Gasteiger partial charge in [0.15, 0.2) is 5.69 Å². The van der Waals surface area contributed by atoms with Crippen LogP contribution in [0.25, 0.3) is 0 Å². The van der Waals surface area contributed by atoms with Crippen molar-refractivity contribution in [1.29, 1.82) is 0 Å². The number of para-hydroxylation sites is 1. The van der Waals surface area contributed by atoms with Gasteiger partial charge in [-0.05, 0) is 36.1 Å². The van der Waals surface area contributed by atoms with Crippen LogP contribution in [0.5, 0.6) is 5.75 Å². The molecule has 2 aromatic carbocycles. The standard InChI is InChI=1S/C20H19ClN4O2/c21-17-7-3-1-6-15(17)12-25-13-18(23-24-25)20(26)22-11-16-10-9-14-5-2-4-8-19(14)27-16/h1-8,13,16H,9-12H2,(H,22,26)/t16-/m1/s1. The van der Waals surface area contributed by atoms with Crippen LogP contribution in [-0.2, 0) is 13.0 Å². The summed E-state index contributed by atoms with van der Waals surface area (Å²) >= 11 is 6.16. The molecule has 1 aromatic heterocycles. The van der Waals surface area contributed by atoms with Gasteiger partial charge in [0, 0.05) is 5.02 Å². The van der Waals surface area contributed by atoms with Crippen molar-refractivity contribution in [1.82, 2.24) is 20.3 Å². The first kappa shape index (κ1) is 17.5. The highest BCUT2D eigenvalue weighted by Crippen LogP contribution is 2.26. The number of hydrogen-bond donors (Lipinski definition) is 1. The summed E-state index contributed by atoms with van der Waals surface area (Å²) in [6.07, 6.45) is 3.40. The molecule has 3 aromatic rings. The number of fused-ring (bicyclic) bond motifs is 1. The SMILES string of the molecule is O=C(NC[C@H]1CCc2ccccc2O1)c1cn(Cc2ccccc2Cl)nn1. The summed E-state index contributed by atoms with van der Waals surface area (Å²) in [6, 6.07) is 15.5. The highest BCUT2D eigenvalue weighted by Gasteiger charge is 2.20. The maximum absolute atomic E-state index is 12.4. The van der Waals surface area contributed by atoms with Crippen molar-refractivity contribution in [3.05, 3.63) is 76.6 Å². The summed E-state index contributed by atoms with van der Waals surface area (Å²) in [5, 5.41) is 11.5. The molecule has 0 bridgehead atoms. The molecule has 1 N–H and O–H groups in total. The van der Waals surface area contributed by atoms with E-state index in [1.54, 1.807) is 10.9 Å². The highest BCUT2D eigenvalue weighted by molar-refractivity contribution is 6.31. The zero-order chi connectivity index (χ0) is 18.6. The Labute approximate surface area is 162 Å². The van der Waals surface area contributed by atoms with Crippen LogP contribution < -0.4 is 10.1 Å². The van der Waals surface area contributed by atoms with Gasteiger partial charge < -0.3 is 10.1 Å². The molecule has 0 saturated heterocycles. The summed E-state index contributed by atoms with van der Waals surface area (Å²) in [4.78, 5) is 12.4. The second-order valence-corrected chi connectivity index (χ2v) is 6.90. The Morgan fingerprint density at radius 2 is 2.04 bits per heavy atom. The van der Waals surface area contributed by atoms with Crippen molar-refractivity contribution < 1.29 is 9.53 Å². The third kappa shape index (κ3) is 4.11. The molecule has 0 aliphatic carbocycles. The normalized spacial score (nSPS) is 15.7. The number of nitrogens with one attached hydrogen (secondary N) is 1. The summed E-state index contributed by atoms with van der Waals surface area (Å²) < 4.78 is 7.55. The van der Waals surface area contributed by atoms with Crippen LogP contribution in [-0.4, -0.2) is 33.5 Å². The van der Waals surface area contributed by atoms with Crippen molar-refractivity contribution in [2.75, 3.05) is 6.54 Å². The molecule has 138 valence electrons. The van der Waals surface area contributed by atoms with Gasteiger partial charge in [0.2, 0.25) is 0 Å². The Kier molecular flexibility index (Phi) is 5.07. The molecule has 1 aliphatic heterocycles. The molecule has 27 heavy (non-hydrogen) atoms. The first-order chi connectivity index (χ1) is 13.2. The fourth-order valence-electron chi connectivity index (χ4n) is 3.10. The largest absolute Gasteiger partial charge is 0.488 e. The lowest BCUT2D eigenvalue weighted by molar-refractivity contribution is 0.0913. The number of rotatable bonds is 5. The third-order valence-corrected chi connectivity index (χ3v) is 4.92. The van der Waals surface area contributed by atoms with Crippen LogP contribution in [0.2, 0.25) is 5.02 Å². The molecule has 0 fully saturated rings. The first-order valence-electron chi connectivity index (χ1n) is 8.85. The lowest BCUT2D eigenvalue weighted by Crippen LogP contribution is -2.37. The molecular weight excluding hydrogens is 364 g/mol. The van der Waals surface area contributed by atoms with E-state index in [2.05, 4.69) is 21.7 Å². The van der Waals surface area contributed by atoms with Crippen molar-refractivity contribution in [3.63, 3.8) is 0 Å². The lowest BCUT2D eigenvalue weighted by atomic mass is 10.0. The molecule has 6 nitrogen and oxygen atoms in total. The molecule has 0 unspecified atom stereocenters. The van der Waals surface area contributed by atoms with E-state index in [-0.39, 0.29) is 17.7 Å². The average molecular weight is 383 g/mol. The van der Waals surface area contributed by atoms with E-state index in [0.717, 1.165) is 24.2 Å². The van der Waals surface area contributed by atoms with Gasteiger partial charge in [0.25, 0.3) is 5.91 Å². The molecule has 2 heterocycles. The van der Waals surface area contributed by atoms with Gasteiger partial charge in [-0.2, -0.15) is 0 Å². The number of ether oxygens (including phenoxy) is 1. The number of nitrogens with zero attached hydrogens (tertiary/aromatic N) is 3. The van der Waals surface area contributed by atoms with E-state index in [1.165, 1.54) is 5.56 Å². The number of hydrogen-bond acceptors (Lipinski definition) is 4. The Bertz CT molecular complexity index is 956. The van der Waals surface area contributed by atoms with Crippen LogP contribution >= 0.6 is 11.6 Å². The van der Waals surface area contributed by atoms with Gasteiger partial charge in [-0.3, -0.25) is 4.79 Å². The number of carbonyl (C=O) groups is 1. The quantitative estimate of drug-likeness (QED) is 0.736. The predicted molar refractivity (Wildman–Crippen MR) is 102 cm³/mol. The maximum atomic E-state index is 12.4. The summed E-state index contributed by atoms with van der Waals surface area (Å²) in [5.41, 5.74) is 2.41. The highest BCUT2D eigenvalue weighted by atomic mass is 35.5. The van der Waals surface area contributed by atoms with E-state index in [9.17, 15) is 4.79 Å². The van der Waals surface area contributed by atoms with Crippen molar-refractivity contribution in [2.24, 2.45) is 0 Å². The van der Waals surface area contributed by atoms with E-state index in [1.807, 2.05) is 42.5 Å². The molecule has 4 rings (SSSR count). The Balaban J connectivity index is 1.33. The van der Waals surface area contributed by atoms with Gasteiger partial charge in [-0.25, -0.2) is 4.68 Å². The number of aryl methyl sites for hydroxylation is 1. The minimum Gasteiger partial charge on any atom is -0.488 e. The van der Waals surface area contributed by atoms with Gasteiger partial charge in [0.05, 0.1) is 19.3 Å². The number of aromatic nitrogens is 3. The predicted octanol–water partition coefficient (Wildman–Crippen LogP) is 3.10. The fourth-order valence-corrected chi connectivity index (χ4v) is 3.30. The van der Waals surface area contributed by atoms with E-state index >= 15 is 0 Å². The van der Waals surface area contributed by atoms with E-state index < -0.39 is 0 Å². The zero-order valence-corrected chi connectivity index (χ0v) is 15.4. The number of carbonyl (C=O) groups excluding carboxylic acids is 1. The van der Waals surface area contributed by atoms with Crippen LogP contribution in [0.1, 0.15) is 28.0 Å². The molecule has 0 spiro atoms. The summed E-state index contributed by atoms with van der Waals surface area (Å²) in [7, 11) is 0. The topological polar surface area (TPSA) is 69.0 Å². The molecule has 0 radical (unpaired) electrons. The van der Waals surface area contributed by atoms with Crippen molar-refractivity contribution >= 4 is 17.5 Å². The smallest absolute Gasteiger partial charge is 0.273 e. The minimum atomic E-state index is -0.261. The zero-order valence-electron chi connectivity index (χ0n) is 14.6. The van der Waals surface area contributed by atoms with Crippen LogP contribution in [0.3, 0.4) is 0 Å². The second-order valence-electron chi connectivity index (χ2n) is 6.49. The number of halogens is 1. The molecule has 1 aliphatic rings. The summed E-state index contributed by atoms with van der Waals surface area (Å²) in [5.74, 6) is 0.636. The van der Waals surface area contributed by atoms with E-state index in [4.69, 9.17) is 16.3 Å². The van der Waals surface area contributed by atoms with E-state index in [0.29, 0.717) is 18.1 Å². The third-order valence-electron chi connectivity index (χ3n) is 4.55. The number of amides is 1. The Morgan fingerprint density at radius 1 is 1.22 bits per heavy atom. The summed E-state index contributed by atoms with van der Waals surface area (Å²) in [6.45, 7) is 0.896. The number of benzene rings is 2. The molecule has 0 saturated carbocycles. The van der Waals surface area contributed by atoms with Gasteiger partial charge >= 0.3 is 0 Å². The van der Waals surface area contributed by atoms with Crippen molar-refractivity contribution in [2.45, 2.75) is 25.5 Å². The molecule has 1 amide bonds. The van der Waals surface area contributed by atoms with Crippen LogP contribution in [0.15, 0.2) is 54.7 Å². The lowest BCUT2D eigenvalue weighted by Gasteiger charge is -2.26. The first-order valence-corrected chi connectivity index (χ1v) is 9.23. The Morgan fingerprint density at radius 3 is 2.93 bits per heavy atom. The monoisotopic (exact) mass is 382 g/mol. The average Bonchev–Trinajstić information content (AvgIpc) is 3.16. The van der Waals surface area contributed by atoms with Gasteiger partial charge in [-0.1, -0.05) is 53.2 Å². The van der Waals surface area contributed by atoms with Crippen molar-refractivity contribution in [3.8, 4) is 5.75 Å². The minimum absolute atomic E-state index is 0.0398. The molecule has 7 heteroatoms. The second kappa shape index (κ2) is 7.80. The maximum Gasteiger partial charge on any atom is 0.273 e. The Hall–Kier alpha value is -2.86.